The number of thioether (sulfide) groups is 1. The van der Waals surface area contributed by atoms with Gasteiger partial charge in [0.2, 0.25) is 5.78 Å². The number of para-hydroxylation sites is 1. The van der Waals surface area contributed by atoms with Crippen LogP contribution in [0, 0.1) is 6.92 Å². The molecule has 1 aliphatic rings. The van der Waals surface area contributed by atoms with E-state index in [0.29, 0.717) is 20.3 Å². The number of nitrogens with two attached hydrogens (primary N) is 1. The van der Waals surface area contributed by atoms with Crippen molar-refractivity contribution in [3.8, 4) is 10.6 Å². The van der Waals surface area contributed by atoms with Gasteiger partial charge in [-0.15, -0.1) is 22.7 Å². The molecule has 4 aromatic rings. The Morgan fingerprint density at radius 3 is 2.08 bits per heavy atom. The van der Waals surface area contributed by atoms with Gasteiger partial charge in [-0.25, -0.2) is 4.98 Å². The van der Waals surface area contributed by atoms with Crippen molar-refractivity contribution in [2.45, 2.75) is 68.7 Å². The number of esters is 4. The number of fused-ring (bicyclic) bond motifs is 1. The van der Waals surface area contributed by atoms with Crippen LogP contribution in [0.5, 0.6) is 0 Å². The van der Waals surface area contributed by atoms with Crippen LogP contribution < -0.4 is 5.73 Å². The number of thiophene rings is 1. The summed E-state index contributed by atoms with van der Waals surface area (Å²) in [7, 11) is 0. The monoisotopic (exact) mass is 712 g/mol. The zero-order valence-corrected chi connectivity index (χ0v) is 29.0. The fourth-order valence-electron chi connectivity index (χ4n) is 5.08. The predicted octanol–water partition coefficient (Wildman–Crippen LogP) is 5.32. The van der Waals surface area contributed by atoms with E-state index in [1.165, 1.54) is 25.2 Å². The maximum absolute atomic E-state index is 13.8. The Morgan fingerprint density at radius 1 is 0.833 bits per heavy atom. The zero-order valence-electron chi connectivity index (χ0n) is 26.5. The van der Waals surface area contributed by atoms with Crippen molar-refractivity contribution < 1.29 is 47.7 Å². The lowest BCUT2D eigenvalue weighted by molar-refractivity contribution is -0.237. The van der Waals surface area contributed by atoms with Gasteiger partial charge >= 0.3 is 23.9 Å². The van der Waals surface area contributed by atoms with E-state index in [0.717, 1.165) is 52.7 Å². The number of anilines is 1. The minimum absolute atomic E-state index is 0.206. The highest BCUT2D eigenvalue weighted by Gasteiger charge is 2.53. The molecule has 0 bridgehead atoms. The lowest BCUT2D eigenvalue weighted by Gasteiger charge is -2.44. The molecule has 2 N–H and O–H groups in total. The fourth-order valence-corrected chi connectivity index (χ4v) is 8.96. The van der Waals surface area contributed by atoms with E-state index in [4.69, 9.17) is 34.4 Å². The number of nitrogens with zero attached hydrogens (tertiary/aromatic N) is 1. The van der Waals surface area contributed by atoms with Crippen LogP contribution in [0.25, 0.3) is 20.8 Å². The van der Waals surface area contributed by atoms with Crippen LogP contribution in [0.1, 0.15) is 48.5 Å². The van der Waals surface area contributed by atoms with Gasteiger partial charge in [0.05, 0.1) is 30.6 Å². The summed E-state index contributed by atoms with van der Waals surface area (Å²) in [6.07, 6.45) is -5.10. The molecule has 0 saturated carbocycles. The normalized spacial score (nSPS) is 20.6. The number of hydrogen-bond acceptors (Lipinski definition) is 15. The summed E-state index contributed by atoms with van der Waals surface area (Å²) in [5.41, 5.74) is 8.48. The van der Waals surface area contributed by atoms with E-state index in [1.54, 1.807) is 12.1 Å². The number of carbonyl (C=O) groups excluding carboxylic acids is 5. The molecule has 0 amide bonds. The highest BCUT2D eigenvalue weighted by Crippen LogP contribution is 2.50. The van der Waals surface area contributed by atoms with Crippen molar-refractivity contribution >= 4 is 80.0 Å². The summed E-state index contributed by atoms with van der Waals surface area (Å²) >= 11 is 3.57. The summed E-state index contributed by atoms with van der Waals surface area (Å²) in [6, 6.07) is 14.6. The van der Waals surface area contributed by atoms with Crippen molar-refractivity contribution in [3.05, 3.63) is 64.5 Å². The third-order valence-electron chi connectivity index (χ3n) is 7.11. The van der Waals surface area contributed by atoms with Crippen molar-refractivity contribution in [2.24, 2.45) is 0 Å². The highest BCUT2D eigenvalue weighted by molar-refractivity contribution is 8.01. The molecular weight excluding hydrogens is 681 g/mol. The Bertz CT molecular complexity index is 1840. The van der Waals surface area contributed by atoms with E-state index in [-0.39, 0.29) is 23.0 Å². The fraction of sp³-hybridized carbons (Fsp3) is 0.333. The van der Waals surface area contributed by atoms with Crippen LogP contribution in [-0.2, 0) is 42.9 Å². The largest absolute Gasteiger partial charge is 0.463 e. The summed E-state index contributed by atoms with van der Waals surface area (Å²) in [4.78, 5) is 67.5. The predicted molar refractivity (Wildman–Crippen MR) is 180 cm³/mol. The van der Waals surface area contributed by atoms with E-state index in [9.17, 15) is 24.0 Å². The van der Waals surface area contributed by atoms with Gasteiger partial charge < -0.3 is 29.4 Å². The van der Waals surface area contributed by atoms with Gasteiger partial charge in [-0.05, 0) is 19.1 Å². The molecule has 1 aliphatic heterocycles. The highest BCUT2D eigenvalue weighted by atomic mass is 32.2. The van der Waals surface area contributed by atoms with Gasteiger partial charge in [-0.3, -0.25) is 24.0 Å². The molecule has 12 nitrogen and oxygen atoms in total. The van der Waals surface area contributed by atoms with Gasteiger partial charge in [0, 0.05) is 33.3 Å². The van der Waals surface area contributed by atoms with Crippen LogP contribution >= 0.6 is 34.4 Å². The smallest absolute Gasteiger partial charge is 0.303 e. The number of thiazole rings is 1. The topological polar surface area (TPSA) is 170 Å². The minimum atomic E-state index is -1.35. The van der Waals surface area contributed by atoms with Gasteiger partial charge in [-0.2, -0.15) is 0 Å². The lowest BCUT2D eigenvalue weighted by atomic mass is 9.99. The average molecular weight is 713 g/mol. The molecule has 5 atom stereocenters. The maximum atomic E-state index is 13.8. The number of ether oxygens (including phenoxy) is 5. The molecule has 2 aromatic heterocycles. The van der Waals surface area contributed by atoms with E-state index < -0.39 is 53.7 Å². The van der Waals surface area contributed by atoms with Crippen molar-refractivity contribution in [1.29, 1.82) is 0 Å². The van der Waals surface area contributed by atoms with Crippen LogP contribution in [0.4, 0.5) is 5.69 Å². The van der Waals surface area contributed by atoms with Crippen LogP contribution in [0.3, 0.4) is 0 Å². The molecule has 1 fully saturated rings. The number of ketones is 1. The van der Waals surface area contributed by atoms with Gasteiger partial charge in [-0.1, -0.05) is 53.7 Å². The second-order valence-corrected chi connectivity index (χ2v) is 14.3. The molecule has 2 aromatic carbocycles. The molecular formula is C33H32N2O10S3. The SMILES string of the molecule is CC(=O)OC[C@H]1OC(Sc2sc(C(=O)c3ccc(C)cc3)c(N)c2-c2nc3ccccc3s2)[C@H](OC(C)=O)[C@@H](OC(C)=O)[C@@H]1OC(C)=O. The molecule has 5 rings (SSSR count). The first-order valence-electron chi connectivity index (χ1n) is 14.7. The van der Waals surface area contributed by atoms with Crippen molar-refractivity contribution in [3.63, 3.8) is 0 Å². The summed E-state index contributed by atoms with van der Waals surface area (Å²) < 4.78 is 29.7. The van der Waals surface area contributed by atoms with Crippen LogP contribution in [-0.4, -0.2) is 71.1 Å². The Kier molecular flexibility index (Phi) is 10.8. The van der Waals surface area contributed by atoms with Crippen LogP contribution in [0.15, 0.2) is 52.7 Å². The first-order valence-corrected chi connectivity index (χ1v) is 17.2. The number of carbonyl (C=O) groups is 5. The second-order valence-electron chi connectivity index (χ2n) is 10.9. The summed E-state index contributed by atoms with van der Waals surface area (Å²) in [5, 5.41) is 0.543. The number of nitrogen functional groups attached to an aromatic ring is 1. The first-order chi connectivity index (χ1) is 22.8. The number of aromatic nitrogens is 1. The molecule has 252 valence electrons. The number of benzene rings is 2. The van der Waals surface area contributed by atoms with Gasteiger partial charge in [0.1, 0.15) is 23.2 Å². The molecule has 15 heteroatoms. The van der Waals surface area contributed by atoms with Gasteiger partial charge in [0.25, 0.3) is 0 Å². The zero-order chi connectivity index (χ0) is 34.7. The standard InChI is InChI=1S/C33H32N2O10S3/c1-15-10-12-20(13-11-15)26(40)30-25(34)24(31-35-21-8-6-7-9-23(21)46-31)33(47-30)48-32-29(44-19(5)39)28(43-18(4)38)27(42-17(3)37)22(45-32)14-41-16(2)36/h6-13,22,27-29,32H,14,34H2,1-5H3/t22-,27-,28+,29-,32?/m1/s1. The molecule has 48 heavy (non-hydrogen) atoms. The minimum Gasteiger partial charge on any atom is -0.463 e. The van der Waals surface area contributed by atoms with Crippen molar-refractivity contribution in [2.75, 3.05) is 12.3 Å². The Labute approximate surface area is 287 Å². The molecule has 1 saturated heterocycles. The first kappa shape index (κ1) is 35.0. The molecule has 3 heterocycles. The Hall–Kier alpha value is -4.31. The lowest BCUT2D eigenvalue weighted by Crippen LogP contribution is -2.61. The average Bonchev–Trinajstić information content (AvgIpc) is 3.58. The van der Waals surface area contributed by atoms with Crippen molar-refractivity contribution in [1.82, 2.24) is 4.98 Å². The molecule has 1 unspecified atom stereocenters. The quantitative estimate of drug-likeness (QED) is 0.127. The molecule has 0 radical (unpaired) electrons. The molecule has 0 aliphatic carbocycles. The number of rotatable bonds is 10. The Balaban J connectivity index is 1.64. The van der Waals surface area contributed by atoms with E-state index >= 15 is 0 Å². The van der Waals surface area contributed by atoms with Crippen LogP contribution in [0.2, 0.25) is 0 Å². The van der Waals surface area contributed by atoms with Gasteiger partial charge in [0.15, 0.2) is 18.3 Å². The number of aryl methyl sites for hydroxylation is 1. The number of hydrogen-bond donors (Lipinski definition) is 1. The van der Waals surface area contributed by atoms with E-state index in [2.05, 4.69) is 0 Å². The Morgan fingerprint density at radius 2 is 1.46 bits per heavy atom. The third-order valence-corrected chi connectivity index (χ3v) is 10.7. The third kappa shape index (κ3) is 7.86. The maximum Gasteiger partial charge on any atom is 0.303 e. The summed E-state index contributed by atoms with van der Waals surface area (Å²) in [6.45, 7) is 6.23. The summed E-state index contributed by atoms with van der Waals surface area (Å²) in [5.74, 6) is -3.12. The van der Waals surface area contributed by atoms with E-state index in [1.807, 2.05) is 43.3 Å². The molecule has 0 spiro atoms. The second kappa shape index (κ2) is 14.8.